The molecule has 56 valence electrons. The third-order valence-corrected chi connectivity index (χ3v) is 1.42. The van der Waals surface area contributed by atoms with Gasteiger partial charge in [0.05, 0.1) is 12.1 Å². The first-order valence-electron chi connectivity index (χ1n) is 3.18. The van der Waals surface area contributed by atoms with Gasteiger partial charge < -0.3 is 10.3 Å². The van der Waals surface area contributed by atoms with Crippen LogP contribution in [0.2, 0.25) is 0 Å². The van der Waals surface area contributed by atoms with Gasteiger partial charge in [0, 0.05) is 0 Å². The molecule has 0 radical (unpaired) electrons. The molecule has 0 spiro atoms. The molecule has 1 heterocycles. The SMILES string of the molecule is CCc1c(CN)o[nH]c1=O. The highest BCUT2D eigenvalue weighted by atomic mass is 16.5. The number of rotatable bonds is 2. The van der Waals surface area contributed by atoms with Crippen LogP contribution in [-0.4, -0.2) is 5.16 Å². The second-order valence-electron chi connectivity index (χ2n) is 1.99. The van der Waals surface area contributed by atoms with E-state index in [1.165, 1.54) is 0 Å². The summed E-state index contributed by atoms with van der Waals surface area (Å²) in [5.74, 6) is 0.563. The van der Waals surface area contributed by atoms with E-state index in [0.29, 0.717) is 17.7 Å². The molecule has 0 atom stereocenters. The molecule has 0 saturated heterocycles. The van der Waals surface area contributed by atoms with Crippen LogP contribution in [0, 0.1) is 0 Å². The number of hydrogen-bond donors (Lipinski definition) is 2. The maximum Gasteiger partial charge on any atom is 0.283 e. The van der Waals surface area contributed by atoms with E-state index in [-0.39, 0.29) is 12.1 Å². The van der Waals surface area contributed by atoms with Crippen LogP contribution >= 0.6 is 0 Å². The smallest absolute Gasteiger partial charge is 0.283 e. The van der Waals surface area contributed by atoms with E-state index in [0.717, 1.165) is 0 Å². The summed E-state index contributed by atoms with van der Waals surface area (Å²) < 4.78 is 4.77. The number of hydrogen-bond acceptors (Lipinski definition) is 3. The zero-order chi connectivity index (χ0) is 7.56. The van der Waals surface area contributed by atoms with Gasteiger partial charge in [-0.15, -0.1) is 0 Å². The summed E-state index contributed by atoms with van der Waals surface area (Å²) >= 11 is 0. The predicted molar refractivity (Wildman–Crippen MR) is 36.6 cm³/mol. The van der Waals surface area contributed by atoms with Crippen LogP contribution in [0.1, 0.15) is 18.2 Å². The Hall–Kier alpha value is -1.03. The number of aromatic amines is 1. The summed E-state index contributed by atoms with van der Waals surface area (Å²) in [6.07, 6.45) is 0.665. The van der Waals surface area contributed by atoms with Gasteiger partial charge in [-0.2, -0.15) is 5.16 Å². The van der Waals surface area contributed by atoms with Gasteiger partial charge in [0.2, 0.25) is 0 Å². The number of H-pyrrole nitrogens is 1. The Labute approximate surface area is 58.0 Å². The zero-order valence-corrected chi connectivity index (χ0v) is 5.81. The molecule has 0 aliphatic rings. The molecule has 4 heteroatoms. The molecule has 1 aromatic rings. The first-order chi connectivity index (χ1) is 4.79. The normalized spacial score (nSPS) is 10.2. The predicted octanol–water partition coefficient (Wildman–Crippen LogP) is -0.0110. The van der Waals surface area contributed by atoms with Crippen molar-refractivity contribution in [2.24, 2.45) is 5.73 Å². The molecule has 4 nitrogen and oxygen atoms in total. The molecule has 0 aliphatic heterocycles. The highest BCUT2D eigenvalue weighted by Crippen LogP contribution is 2.00. The van der Waals surface area contributed by atoms with E-state index in [4.69, 9.17) is 10.3 Å². The summed E-state index contributed by atoms with van der Waals surface area (Å²) in [4.78, 5) is 10.8. The maximum absolute atomic E-state index is 10.8. The molecule has 0 aromatic carbocycles. The first kappa shape index (κ1) is 7.08. The van der Waals surface area contributed by atoms with E-state index in [1.54, 1.807) is 0 Å². The summed E-state index contributed by atoms with van der Waals surface area (Å²) in [6, 6.07) is 0. The fraction of sp³-hybridized carbons (Fsp3) is 0.500. The lowest BCUT2D eigenvalue weighted by Crippen LogP contribution is -2.07. The average Bonchev–Trinajstić information content (AvgIpc) is 2.30. The number of nitrogens with two attached hydrogens (primary N) is 1. The second-order valence-corrected chi connectivity index (χ2v) is 1.99. The van der Waals surface area contributed by atoms with Crippen molar-refractivity contribution in [1.82, 2.24) is 5.16 Å². The van der Waals surface area contributed by atoms with Crippen molar-refractivity contribution in [2.45, 2.75) is 19.9 Å². The fourth-order valence-corrected chi connectivity index (χ4v) is 0.880. The lowest BCUT2D eigenvalue weighted by Gasteiger charge is -1.88. The average molecular weight is 142 g/mol. The maximum atomic E-state index is 10.8. The standard InChI is InChI=1S/C6H10N2O2/c1-2-4-5(3-7)10-8-6(4)9/h2-3,7H2,1H3,(H,8,9). The number of nitrogens with one attached hydrogen (secondary N) is 1. The highest BCUT2D eigenvalue weighted by molar-refractivity contribution is 5.12. The third kappa shape index (κ3) is 0.974. The third-order valence-electron chi connectivity index (χ3n) is 1.42. The molecular formula is C6H10N2O2. The molecule has 0 amide bonds. The molecule has 0 bridgehead atoms. The van der Waals surface area contributed by atoms with Gasteiger partial charge >= 0.3 is 0 Å². The van der Waals surface area contributed by atoms with Crippen molar-refractivity contribution >= 4 is 0 Å². The second kappa shape index (κ2) is 2.70. The Balaban J connectivity index is 3.13. The molecule has 0 saturated carbocycles. The van der Waals surface area contributed by atoms with Gasteiger partial charge in [-0.1, -0.05) is 6.92 Å². The first-order valence-corrected chi connectivity index (χ1v) is 3.18. The minimum absolute atomic E-state index is 0.164. The topological polar surface area (TPSA) is 72.0 Å². The Morgan fingerprint density at radius 3 is 2.80 bits per heavy atom. The molecule has 10 heavy (non-hydrogen) atoms. The molecule has 0 fully saturated rings. The minimum atomic E-state index is -0.164. The monoisotopic (exact) mass is 142 g/mol. The minimum Gasteiger partial charge on any atom is -0.382 e. The van der Waals surface area contributed by atoms with Crippen molar-refractivity contribution < 1.29 is 4.52 Å². The highest BCUT2D eigenvalue weighted by Gasteiger charge is 2.07. The molecule has 1 aromatic heterocycles. The Bertz CT molecular complexity index is 261. The Morgan fingerprint density at radius 2 is 2.40 bits per heavy atom. The molecule has 1 rings (SSSR count). The lowest BCUT2D eigenvalue weighted by molar-refractivity contribution is 0.379. The number of aromatic nitrogens is 1. The van der Waals surface area contributed by atoms with Crippen molar-refractivity contribution in [3.63, 3.8) is 0 Å². The van der Waals surface area contributed by atoms with Crippen LogP contribution in [0.5, 0.6) is 0 Å². The van der Waals surface area contributed by atoms with Gasteiger partial charge in [0.15, 0.2) is 5.76 Å². The van der Waals surface area contributed by atoms with Gasteiger partial charge in [0.25, 0.3) is 5.56 Å². The molecule has 0 unspecified atom stereocenters. The zero-order valence-electron chi connectivity index (χ0n) is 5.81. The van der Waals surface area contributed by atoms with Crippen LogP contribution < -0.4 is 11.3 Å². The van der Waals surface area contributed by atoms with E-state index in [2.05, 4.69) is 5.16 Å². The quantitative estimate of drug-likeness (QED) is 0.610. The van der Waals surface area contributed by atoms with Gasteiger partial charge in [-0.25, -0.2) is 0 Å². The van der Waals surface area contributed by atoms with E-state index < -0.39 is 0 Å². The van der Waals surface area contributed by atoms with Crippen LogP contribution in [0.3, 0.4) is 0 Å². The molecule has 0 aliphatic carbocycles. The van der Waals surface area contributed by atoms with Gasteiger partial charge in [-0.3, -0.25) is 4.79 Å². The fourth-order valence-electron chi connectivity index (χ4n) is 0.880. The summed E-state index contributed by atoms with van der Waals surface area (Å²) in [7, 11) is 0. The summed E-state index contributed by atoms with van der Waals surface area (Å²) in [5, 5.41) is 2.23. The van der Waals surface area contributed by atoms with E-state index >= 15 is 0 Å². The van der Waals surface area contributed by atoms with Crippen molar-refractivity contribution in [3.8, 4) is 0 Å². The Kier molecular flexibility index (Phi) is 1.91. The van der Waals surface area contributed by atoms with Crippen LogP contribution in [0.15, 0.2) is 9.32 Å². The van der Waals surface area contributed by atoms with Crippen molar-refractivity contribution in [3.05, 3.63) is 21.7 Å². The largest absolute Gasteiger partial charge is 0.382 e. The van der Waals surface area contributed by atoms with Crippen molar-refractivity contribution in [2.75, 3.05) is 0 Å². The summed E-state index contributed by atoms with van der Waals surface area (Å²) in [6.45, 7) is 2.17. The lowest BCUT2D eigenvalue weighted by atomic mass is 10.2. The van der Waals surface area contributed by atoms with Crippen LogP contribution in [0.25, 0.3) is 0 Å². The molecular weight excluding hydrogens is 132 g/mol. The van der Waals surface area contributed by atoms with Crippen molar-refractivity contribution in [1.29, 1.82) is 0 Å². The van der Waals surface area contributed by atoms with E-state index in [1.807, 2.05) is 6.92 Å². The molecule has 3 N–H and O–H groups in total. The van der Waals surface area contributed by atoms with Gasteiger partial charge in [-0.05, 0) is 6.42 Å². The van der Waals surface area contributed by atoms with Gasteiger partial charge in [0.1, 0.15) is 0 Å². The Morgan fingerprint density at radius 1 is 1.70 bits per heavy atom. The van der Waals surface area contributed by atoms with E-state index in [9.17, 15) is 4.79 Å². The van der Waals surface area contributed by atoms with Crippen LogP contribution in [-0.2, 0) is 13.0 Å². The summed E-state index contributed by atoms with van der Waals surface area (Å²) in [5.41, 5.74) is 5.78. The van der Waals surface area contributed by atoms with Crippen LogP contribution in [0.4, 0.5) is 0 Å².